The molecule has 0 saturated carbocycles. The summed E-state index contributed by atoms with van der Waals surface area (Å²) in [5.41, 5.74) is 0.611. The molecule has 0 bridgehead atoms. The van der Waals surface area contributed by atoms with Crippen LogP contribution in [0.4, 0.5) is 5.69 Å². The Bertz CT molecular complexity index is 1360. The van der Waals surface area contributed by atoms with Crippen LogP contribution in [-0.4, -0.2) is 32.7 Å². The number of benzene rings is 4. The molecule has 4 aromatic rings. The molecular weight excluding hydrogens is 442 g/mol. The van der Waals surface area contributed by atoms with Gasteiger partial charge in [0.05, 0.1) is 10.5 Å². The number of carbonyl (C=O) groups is 1. The Labute approximate surface area is 191 Å². The number of nitrogens with one attached hydrogen (secondary N) is 1. The van der Waals surface area contributed by atoms with Crippen molar-refractivity contribution in [2.24, 2.45) is 0 Å². The summed E-state index contributed by atoms with van der Waals surface area (Å²) in [4.78, 5) is 11.1. The summed E-state index contributed by atoms with van der Waals surface area (Å²) in [6, 6.07) is 25.2. The van der Waals surface area contributed by atoms with Crippen LogP contribution in [0, 0.1) is 0 Å². The fourth-order valence-corrected chi connectivity index (χ4v) is 4.56. The molecule has 0 atom stereocenters. The standard InChI is InChI=1S/C25H21NO6S/c27-25(28)19-8-12-21(13-9-19)31-16-17-32-22-14-10-20(11-15-22)26-33(29,30)24-7-3-5-18-4-1-2-6-23(18)24/h1-15,26H,16-17H2,(H,27,28). The zero-order valence-electron chi connectivity index (χ0n) is 17.5. The second-order valence-electron chi connectivity index (χ2n) is 7.13. The van der Waals surface area contributed by atoms with E-state index in [1.807, 2.05) is 24.3 Å². The average Bonchev–Trinajstić information content (AvgIpc) is 2.82. The molecule has 0 aliphatic heterocycles. The van der Waals surface area contributed by atoms with E-state index in [1.165, 1.54) is 12.1 Å². The molecule has 0 aliphatic rings. The normalized spacial score (nSPS) is 11.2. The fraction of sp³-hybridized carbons (Fsp3) is 0.0800. The molecule has 7 nitrogen and oxygen atoms in total. The predicted molar refractivity (Wildman–Crippen MR) is 126 cm³/mol. The lowest BCUT2D eigenvalue weighted by atomic mass is 10.1. The number of hydrogen-bond acceptors (Lipinski definition) is 5. The van der Waals surface area contributed by atoms with Crippen molar-refractivity contribution in [2.75, 3.05) is 17.9 Å². The van der Waals surface area contributed by atoms with E-state index in [4.69, 9.17) is 14.6 Å². The average molecular weight is 464 g/mol. The third-order valence-electron chi connectivity index (χ3n) is 4.87. The molecule has 0 unspecified atom stereocenters. The van der Waals surface area contributed by atoms with Gasteiger partial charge in [0.15, 0.2) is 0 Å². The molecule has 0 aromatic heterocycles. The highest BCUT2D eigenvalue weighted by molar-refractivity contribution is 7.93. The van der Waals surface area contributed by atoms with Crippen molar-refractivity contribution < 1.29 is 27.8 Å². The van der Waals surface area contributed by atoms with Crippen molar-refractivity contribution in [3.8, 4) is 11.5 Å². The van der Waals surface area contributed by atoms with E-state index in [1.54, 1.807) is 54.6 Å². The molecule has 0 radical (unpaired) electrons. The number of ether oxygens (including phenoxy) is 2. The van der Waals surface area contributed by atoms with Crippen LogP contribution in [0.25, 0.3) is 10.8 Å². The van der Waals surface area contributed by atoms with E-state index < -0.39 is 16.0 Å². The van der Waals surface area contributed by atoms with Crippen molar-refractivity contribution in [3.63, 3.8) is 0 Å². The number of aromatic carboxylic acids is 1. The van der Waals surface area contributed by atoms with Crippen LogP contribution in [0.2, 0.25) is 0 Å². The van der Waals surface area contributed by atoms with Crippen LogP contribution in [0.15, 0.2) is 95.9 Å². The zero-order valence-corrected chi connectivity index (χ0v) is 18.3. The summed E-state index contributed by atoms with van der Waals surface area (Å²) in [7, 11) is -3.76. The summed E-state index contributed by atoms with van der Waals surface area (Å²) < 4.78 is 39.6. The highest BCUT2D eigenvalue weighted by Gasteiger charge is 2.17. The third-order valence-corrected chi connectivity index (χ3v) is 6.31. The number of rotatable bonds is 9. The molecule has 8 heteroatoms. The first kappa shape index (κ1) is 22.2. The van der Waals surface area contributed by atoms with Crippen LogP contribution in [0.5, 0.6) is 11.5 Å². The van der Waals surface area contributed by atoms with Gasteiger partial charge in [0.25, 0.3) is 10.0 Å². The van der Waals surface area contributed by atoms with E-state index in [0.29, 0.717) is 22.6 Å². The largest absolute Gasteiger partial charge is 0.490 e. The van der Waals surface area contributed by atoms with E-state index in [2.05, 4.69) is 4.72 Å². The maximum atomic E-state index is 12.9. The highest BCUT2D eigenvalue weighted by atomic mass is 32.2. The van der Waals surface area contributed by atoms with Gasteiger partial charge in [0.2, 0.25) is 0 Å². The number of carboxylic acid groups (broad SMARTS) is 1. The van der Waals surface area contributed by atoms with Crippen LogP contribution >= 0.6 is 0 Å². The van der Waals surface area contributed by atoms with Gasteiger partial charge in [0.1, 0.15) is 24.7 Å². The minimum absolute atomic E-state index is 0.190. The van der Waals surface area contributed by atoms with Crippen molar-refractivity contribution in [1.29, 1.82) is 0 Å². The van der Waals surface area contributed by atoms with E-state index >= 15 is 0 Å². The van der Waals surface area contributed by atoms with Crippen molar-refractivity contribution >= 4 is 32.5 Å². The Balaban J connectivity index is 1.33. The molecule has 0 spiro atoms. The summed E-state index contributed by atoms with van der Waals surface area (Å²) in [6.07, 6.45) is 0. The lowest BCUT2D eigenvalue weighted by Gasteiger charge is -2.12. The number of fused-ring (bicyclic) bond motifs is 1. The number of anilines is 1. The van der Waals surface area contributed by atoms with Crippen LogP contribution < -0.4 is 14.2 Å². The van der Waals surface area contributed by atoms with Gasteiger partial charge in [-0.2, -0.15) is 0 Å². The summed E-state index contributed by atoms with van der Waals surface area (Å²) in [6.45, 7) is 0.531. The number of sulfonamides is 1. The molecule has 33 heavy (non-hydrogen) atoms. The van der Waals surface area contributed by atoms with E-state index in [0.717, 1.165) is 5.39 Å². The number of carboxylic acids is 1. The second-order valence-corrected chi connectivity index (χ2v) is 8.78. The highest BCUT2D eigenvalue weighted by Crippen LogP contribution is 2.25. The monoisotopic (exact) mass is 463 g/mol. The lowest BCUT2D eigenvalue weighted by Crippen LogP contribution is -2.13. The maximum absolute atomic E-state index is 12.9. The second kappa shape index (κ2) is 9.62. The van der Waals surface area contributed by atoms with Gasteiger partial charge in [-0.3, -0.25) is 4.72 Å². The maximum Gasteiger partial charge on any atom is 0.335 e. The topological polar surface area (TPSA) is 102 Å². The molecule has 0 saturated heterocycles. The molecule has 4 rings (SSSR count). The Morgan fingerprint density at radius 1 is 0.758 bits per heavy atom. The van der Waals surface area contributed by atoms with Crippen molar-refractivity contribution in [3.05, 3.63) is 96.6 Å². The Morgan fingerprint density at radius 2 is 1.33 bits per heavy atom. The fourth-order valence-electron chi connectivity index (χ4n) is 3.27. The summed E-state index contributed by atoms with van der Waals surface area (Å²) >= 11 is 0. The van der Waals surface area contributed by atoms with Crippen LogP contribution in [-0.2, 0) is 10.0 Å². The SMILES string of the molecule is O=C(O)c1ccc(OCCOc2ccc(NS(=O)(=O)c3cccc4ccccc34)cc2)cc1. The van der Waals surface area contributed by atoms with Gasteiger partial charge in [0, 0.05) is 11.1 Å². The quantitative estimate of drug-likeness (QED) is 0.346. The third kappa shape index (κ3) is 5.42. The minimum atomic E-state index is -3.76. The van der Waals surface area contributed by atoms with Gasteiger partial charge in [-0.15, -0.1) is 0 Å². The smallest absolute Gasteiger partial charge is 0.335 e. The first-order chi connectivity index (χ1) is 15.9. The first-order valence-corrected chi connectivity index (χ1v) is 11.6. The molecule has 0 fully saturated rings. The van der Waals surface area contributed by atoms with Gasteiger partial charge < -0.3 is 14.6 Å². The molecule has 168 valence electrons. The van der Waals surface area contributed by atoms with Crippen molar-refractivity contribution in [2.45, 2.75) is 4.90 Å². The minimum Gasteiger partial charge on any atom is -0.490 e. The zero-order chi connectivity index (χ0) is 23.3. The van der Waals surface area contributed by atoms with Crippen molar-refractivity contribution in [1.82, 2.24) is 0 Å². The predicted octanol–water partition coefficient (Wildman–Crippen LogP) is 4.80. The molecule has 0 aliphatic carbocycles. The van der Waals surface area contributed by atoms with E-state index in [-0.39, 0.29) is 23.7 Å². The van der Waals surface area contributed by atoms with Gasteiger partial charge in [-0.1, -0.05) is 36.4 Å². The van der Waals surface area contributed by atoms with Crippen LogP contribution in [0.3, 0.4) is 0 Å². The summed E-state index contributed by atoms with van der Waals surface area (Å²) in [5.74, 6) is 0.113. The van der Waals surface area contributed by atoms with Gasteiger partial charge in [-0.05, 0) is 60.0 Å². The van der Waals surface area contributed by atoms with Crippen LogP contribution in [0.1, 0.15) is 10.4 Å². The molecular formula is C25H21NO6S. The molecule has 2 N–H and O–H groups in total. The summed E-state index contributed by atoms with van der Waals surface area (Å²) in [5, 5.41) is 10.4. The Kier molecular flexibility index (Phi) is 6.46. The Morgan fingerprint density at radius 3 is 1.97 bits per heavy atom. The lowest BCUT2D eigenvalue weighted by molar-refractivity contribution is 0.0697. The van der Waals surface area contributed by atoms with E-state index in [9.17, 15) is 13.2 Å². The molecule has 0 heterocycles. The molecule has 0 amide bonds. The van der Waals surface area contributed by atoms with Gasteiger partial charge >= 0.3 is 5.97 Å². The Hall–Kier alpha value is -4.04. The first-order valence-electron chi connectivity index (χ1n) is 10.1. The number of hydrogen-bond donors (Lipinski definition) is 2. The van der Waals surface area contributed by atoms with Gasteiger partial charge in [-0.25, -0.2) is 13.2 Å². The molecule has 4 aromatic carbocycles.